The third-order valence-electron chi connectivity index (χ3n) is 3.96. The molecule has 0 atom stereocenters. The highest BCUT2D eigenvalue weighted by Crippen LogP contribution is 2.25. The third kappa shape index (κ3) is 9.13. The number of halogens is 4. The monoisotopic (exact) mass is 568 g/mol. The fourth-order valence-corrected chi connectivity index (χ4v) is 2.62. The molecule has 11 heteroatoms. The number of carbonyl (C=O) groups is 1. The average Bonchev–Trinajstić information content (AvgIpc) is 2.74. The van der Waals surface area contributed by atoms with Crippen molar-refractivity contribution in [1.82, 2.24) is 16.0 Å². The number of benzene rings is 2. The van der Waals surface area contributed by atoms with Gasteiger partial charge >= 0.3 is 6.61 Å². The van der Waals surface area contributed by atoms with Gasteiger partial charge < -0.3 is 25.4 Å². The quantitative estimate of drug-likeness (QED) is 0.186. The number of hydrogen-bond donors (Lipinski definition) is 3. The van der Waals surface area contributed by atoms with E-state index >= 15 is 0 Å². The first-order valence-electron chi connectivity index (χ1n) is 9.03. The van der Waals surface area contributed by atoms with Crippen LogP contribution in [0.3, 0.4) is 0 Å². The van der Waals surface area contributed by atoms with Gasteiger partial charge in [-0.1, -0.05) is 11.6 Å². The molecule has 1 amide bonds. The van der Waals surface area contributed by atoms with Crippen molar-refractivity contribution >= 4 is 47.4 Å². The van der Waals surface area contributed by atoms with Gasteiger partial charge in [0, 0.05) is 42.8 Å². The van der Waals surface area contributed by atoms with E-state index in [1.807, 2.05) is 0 Å². The van der Waals surface area contributed by atoms with Crippen molar-refractivity contribution in [2.75, 3.05) is 27.2 Å². The maximum absolute atomic E-state index is 12.6. The molecule has 2 rings (SSSR count). The van der Waals surface area contributed by atoms with Gasteiger partial charge in [0.05, 0.1) is 7.11 Å². The maximum Gasteiger partial charge on any atom is 0.387 e. The molecule has 0 heterocycles. The molecular weight excluding hydrogens is 545 g/mol. The van der Waals surface area contributed by atoms with Crippen LogP contribution in [0.4, 0.5) is 8.78 Å². The lowest BCUT2D eigenvalue weighted by Crippen LogP contribution is -2.41. The van der Waals surface area contributed by atoms with Crippen LogP contribution in [0.5, 0.6) is 11.5 Å². The Bertz CT molecular complexity index is 870. The van der Waals surface area contributed by atoms with Crippen LogP contribution in [-0.2, 0) is 6.54 Å². The maximum atomic E-state index is 12.6. The van der Waals surface area contributed by atoms with E-state index in [0.29, 0.717) is 40.9 Å². The zero-order chi connectivity index (χ0) is 21.9. The Morgan fingerprint density at radius 1 is 1.10 bits per heavy atom. The lowest BCUT2D eigenvalue weighted by atomic mass is 10.2. The molecule has 0 spiro atoms. The number of aliphatic imine (C=N–C) groups is 1. The second-order valence-electron chi connectivity index (χ2n) is 5.97. The predicted octanol–water partition coefficient (Wildman–Crippen LogP) is 3.66. The van der Waals surface area contributed by atoms with E-state index in [1.165, 1.54) is 19.2 Å². The minimum atomic E-state index is -2.93. The van der Waals surface area contributed by atoms with Crippen molar-refractivity contribution in [3.05, 3.63) is 58.6 Å². The van der Waals surface area contributed by atoms with Gasteiger partial charge in [-0.2, -0.15) is 8.78 Å². The first kappa shape index (κ1) is 26.7. The number of amides is 1. The van der Waals surface area contributed by atoms with Gasteiger partial charge in [-0.15, -0.1) is 24.0 Å². The second-order valence-corrected chi connectivity index (χ2v) is 6.40. The first-order valence-corrected chi connectivity index (χ1v) is 9.40. The van der Waals surface area contributed by atoms with Crippen molar-refractivity contribution in [1.29, 1.82) is 0 Å². The number of nitrogens with zero attached hydrogens (tertiary/aromatic N) is 1. The summed E-state index contributed by atoms with van der Waals surface area (Å²) in [6.45, 7) is -2.01. The average molecular weight is 569 g/mol. The normalized spacial score (nSPS) is 10.8. The topological polar surface area (TPSA) is 84.0 Å². The SMILES string of the molecule is CN=C(NCCNC(=O)c1ccc(Cl)cc1)NCc1cc(OC)ccc1OC(F)F.I. The molecule has 0 aliphatic carbocycles. The summed E-state index contributed by atoms with van der Waals surface area (Å²) in [6.07, 6.45) is 0. The van der Waals surface area contributed by atoms with Crippen molar-refractivity contribution in [2.24, 2.45) is 4.99 Å². The van der Waals surface area contributed by atoms with Gasteiger partial charge in [-0.3, -0.25) is 9.79 Å². The summed E-state index contributed by atoms with van der Waals surface area (Å²) in [6, 6.07) is 11.1. The molecule has 0 saturated heterocycles. The van der Waals surface area contributed by atoms with E-state index in [9.17, 15) is 13.6 Å². The van der Waals surface area contributed by atoms with Gasteiger partial charge in [0.15, 0.2) is 5.96 Å². The Kier molecular flexibility index (Phi) is 11.9. The fraction of sp³-hybridized carbons (Fsp3) is 0.300. The van der Waals surface area contributed by atoms with E-state index in [2.05, 4.69) is 25.7 Å². The molecule has 0 unspecified atom stereocenters. The number of guanidine groups is 1. The van der Waals surface area contributed by atoms with E-state index < -0.39 is 6.61 Å². The summed E-state index contributed by atoms with van der Waals surface area (Å²) < 4.78 is 34.9. The van der Waals surface area contributed by atoms with Crippen molar-refractivity contribution in [3.63, 3.8) is 0 Å². The molecule has 0 bridgehead atoms. The Morgan fingerprint density at radius 2 is 1.77 bits per heavy atom. The minimum absolute atomic E-state index is 0. The van der Waals surface area contributed by atoms with Crippen molar-refractivity contribution in [2.45, 2.75) is 13.2 Å². The van der Waals surface area contributed by atoms with Gasteiger partial charge in [-0.05, 0) is 42.5 Å². The number of hydrogen-bond acceptors (Lipinski definition) is 4. The predicted molar refractivity (Wildman–Crippen MR) is 127 cm³/mol. The van der Waals surface area contributed by atoms with Crippen molar-refractivity contribution in [3.8, 4) is 11.5 Å². The highest BCUT2D eigenvalue weighted by molar-refractivity contribution is 14.0. The lowest BCUT2D eigenvalue weighted by Gasteiger charge is -2.15. The molecule has 170 valence electrons. The molecule has 0 fully saturated rings. The Hall–Kier alpha value is -2.34. The lowest BCUT2D eigenvalue weighted by molar-refractivity contribution is -0.0505. The molecule has 2 aromatic carbocycles. The van der Waals surface area contributed by atoms with Crippen LogP contribution >= 0.6 is 35.6 Å². The smallest absolute Gasteiger partial charge is 0.387 e. The third-order valence-corrected chi connectivity index (χ3v) is 4.21. The van der Waals surface area contributed by atoms with Crippen molar-refractivity contribution < 1.29 is 23.0 Å². The molecule has 31 heavy (non-hydrogen) atoms. The number of ether oxygens (including phenoxy) is 2. The van der Waals surface area contributed by atoms with Crippen LogP contribution in [0.25, 0.3) is 0 Å². The zero-order valence-electron chi connectivity index (χ0n) is 17.0. The molecule has 2 aromatic rings. The van der Waals surface area contributed by atoms with Crippen LogP contribution in [0, 0.1) is 0 Å². The van der Waals surface area contributed by atoms with Crippen LogP contribution < -0.4 is 25.4 Å². The van der Waals surface area contributed by atoms with Gasteiger partial charge in [0.25, 0.3) is 5.91 Å². The van der Waals surface area contributed by atoms with Crippen LogP contribution in [0.15, 0.2) is 47.5 Å². The molecule has 0 aromatic heterocycles. The van der Waals surface area contributed by atoms with E-state index in [1.54, 1.807) is 37.4 Å². The van der Waals surface area contributed by atoms with E-state index in [4.69, 9.17) is 16.3 Å². The molecule has 7 nitrogen and oxygen atoms in total. The first-order chi connectivity index (χ1) is 14.4. The van der Waals surface area contributed by atoms with Crippen LogP contribution in [0.1, 0.15) is 15.9 Å². The molecule has 3 N–H and O–H groups in total. The number of carbonyl (C=O) groups excluding carboxylic acids is 1. The zero-order valence-corrected chi connectivity index (χ0v) is 20.0. The Morgan fingerprint density at radius 3 is 2.39 bits per heavy atom. The summed E-state index contributed by atoms with van der Waals surface area (Å²) in [7, 11) is 3.06. The second kappa shape index (κ2) is 13.9. The number of rotatable bonds is 9. The van der Waals surface area contributed by atoms with Gasteiger partial charge in [0.2, 0.25) is 0 Å². The summed E-state index contributed by atoms with van der Waals surface area (Å²) in [5.41, 5.74) is 0.986. The molecule has 0 saturated carbocycles. The number of nitrogens with one attached hydrogen (secondary N) is 3. The molecule has 0 aliphatic rings. The minimum Gasteiger partial charge on any atom is -0.497 e. The van der Waals surface area contributed by atoms with Crippen LogP contribution in [-0.4, -0.2) is 45.7 Å². The van der Waals surface area contributed by atoms with E-state index in [-0.39, 0.29) is 42.2 Å². The summed E-state index contributed by atoms with van der Waals surface area (Å²) >= 11 is 5.81. The van der Waals surface area contributed by atoms with Gasteiger partial charge in [-0.25, -0.2) is 0 Å². The standard InChI is InChI=1S/C20H23ClF2N4O3.HI/c1-24-20(26-10-9-25-18(28)13-3-5-15(21)6-4-13)27-12-14-11-16(29-2)7-8-17(14)30-19(22)23;/h3-8,11,19H,9-10,12H2,1-2H3,(H,25,28)(H2,24,26,27);1H. The van der Waals surface area contributed by atoms with Gasteiger partial charge in [0.1, 0.15) is 11.5 Å². The highest BCUT2D eigenvalue weighted by atomic mass is 127. The fourth-order valence-electron chi connectivity index (χ4n) is 2.49. The molecular formula is C20H24ClF2IN4O3. The number of methoxy groups -OCH3 is 1. The Balaban J connectivity index is 0.00000480. The summed E-state index contributed by atoms with van der Waals surface area (Å²) in [4.78, 5) is 16.1. The number of alkyl halides is 2. The van der Waals surface area contributed by atoms with E-state index in [0.717, 1.165) is 0 Å². The van der Waals surface area contributed by atoms with Crippen LogP contribution in [0.2, 0.25) is 5.02 Å². The highest BCUT2D eigenvalue weighted by Gasteiger charge is 2.12. The summed E-state index contributed by atoms with van der Waals surface area (Å²) in [5, 5.41) is 9.36. The molecule has 0 aliphatic heterocycles. The largest absolute Gasteiger partial charge is 0.497 e. The Labute approximate surface area is 201 Å². The summed E-state index contributed by atoms with van der Waals surface area (Å²) in [5.74, 6) is 0.772. The molecule has 0 radical (unpaired) electrons.